The van der Waals surface area contributed by atoms with Gasteiger partial charge in [-0.15, -0.1) is 0 Å². The first-order valence-corrected chi connectivity index (χ1v) is 6.23. The molecule has 3 nitrogen and oxygen atoms in total. The fraction of sp³-hybridized carbons (Fsp3) is 0.571. The van der Waals surface area contributed by atoms with Crippen molar-refractivity contribution in [2.75, 3.05) is 12.3 Å². The highest BCUT2D eigenvalue weighted by Crippen LogP contribution is 2.26. The Morgan fingerprint density at radius 3 is 2.94 bits per heavy atom. The minimum atomic E-state index is 0.0657. The van der Waals surface area contributed by atoms with Gasteiger partial charge in [0.1, 0.15) is 0 Å². The summed E-state index contributed by atoms with van der Waals surface area (Å²) in [7, 11) is 0. The summed E-state index contributed by atoms with van der Waals surface area (Å²) in [5.41, 5.74) is 9.32. The standard InChI is InChI=1S/C14H22N2O/c1-10-4-5-13(15)12(8-10)9-16-14(3)6-7-17-11(14)2/h4-5,8,11,16H,6-7,9,15H2,1-3H3. The van der Waals surface area contributed by atoms with Crippen molar-refractivity contribution in [2.45, 2.75) is 45.4 Å². The number of anilines is 1. The Morgan fingerprint density at radius 2 is 2.29 bits per heavy atom. The molecule has 0 radical (unpaired) electrons. The Hall–Kier alpha value is -1.06. The lowest BCUT2D eigenvalue weighted by Gasteiger charge is -2.29. The zero-order valence-electron chi connectivity index (χ0n) is 10.9. The Kier molecular flexibility index (Phi) is 3.40. The second kappa shape index (κ2) is 4.67. The predicted molar refractivity (Wildman–Crippen MR) is 70.9 cm³/mol. The molecule has 0 spiro atoms. The lowest BCUT2D eigenvalue weighted by atomic mass is 9.94. The van der Waals surface area contributed by atoms with Crippen LogP contribution >= 0.6 is 0 Å². The van der Waals surface area contributed by atoms with E-state index in [9.17, 15) is 0 Å². The molecule has 1 aliphatic heterocycles. The van der Waals surface area contributed by atoms with E-state index in [0.717, 1.165) is 25.3 Å². The van der Waals surface area contributed by atoms with Gasteiger partial charge in [-0.25, -0.2) is 0 Å². The third kappa shape index (κ3) is 2.61. The molecule has 3 N–H and O–H groups in total. The summed E-state index contributed by atoms with van der Waals surface area (Å²) in [5.74, 6) is 0. The number of nitrogen functional groups attached to an aromatic ring is 1. The highest BCUT2D eigenvalue weighted by Gasteiger charge is 2.36. The Bertz CT molecular complexity index is 405. The molecule has 1 fully saturated rings. The Labute approximate surface area is 103 Å². The molecule has 1 saturated heterocycles. The van der Waals surface area contributed by atoms with Crippen molar-refractivity contribution in [1.82, 2.24) is 5.32 Å². The molecule has 2 atom stereocenters. The molecule has 1 aromatic carbocycles. The zero-order chi connectivity index (χ0) is 12.5. The SMILES string of the molecule is Cc1ccc(N)c(CNC2(C)CCOC2C)c1. The number of ether oxygens (including phenoxy) is 1. The first kappa shape index (κ1) is 12.4. The van der Waals surface area contributed by atoms with Gasteiger partial charge in [0.15, 0.2) is 0 Å². The van der Waals surface area contributed by atoms with Crippen molar-refractivity contribution >= 4 is 5.69 Å². The van der Waals surface area contributed by atoms with Crippen LogP contribution in [0.25, 0.3) is 0 Å². The average Bonchev–Trinajstić information content (AvgIpc) is 2.61. The molecule has 1 aromatic rings. The van der Waals surface area contributed by atoms with Crippen LogP contribution in [-0.2, 0) is 11.3 Å². The molecular weight excluding hydrogens is 212 g/mol. The van der Waals surface area contributed by atoms with E-state index in [1.165, 1.54) is 11.1 Å². The predicted octanol–water partition coefficient (Wildman–Crippen LogP) is 2.23. The molecular formula is C14H22N2O. The second-order valence-corrected chi connectivity index (χ2v) is 5.24. The van der Waals surface area contributed by atoms with E-state index in [1.807, 2.05) is 12.1 Å². The molecule has 1 aliphatic rings. The van der Waals surface area contributed by atoms with Gasteiger partial charge >= 0.3 is 0 Å². The fourth-order valence-electron chi connectivity index (χ4n) is 2.25. The second-order valence-electron chi connectivity index (χ2n) is 5.24. The average molecular weight is 234 g/mol. The van der Waals surface area contributed by atoms with E-state index in [0.29, 0.717) is 0 Å². The maximum absolute atomic E-state index is 5.98. The first-order chi connectivity index (χ1) is 8.01. The first-order valence-electron chi connectivity index (χ1n) is 6.23. The van der Waals surface area contributed by atoms with E-state index >= 15 is 0 Å². The van der Waals surface area contributed by atoms with Crippen molar-refractivity contribution in [2.24, 2.45) is 0 Å². The number of nitrogens with two attached hydrogens (primary N) is 1. The van der Waals surface area contributed by atoms with Gasteiger partial charge in [-0.1, -0.05) is 17.7 Å². The lowest BCUT2D eigenvalue weighted by Crippen LogP contribution is -2.47. The summed E-state index contributed by atoms with van der Waals surface area (Å²) in [6, 6.07) is 6.16. The summed E-state index contributed by atoms with van der Waals surface area (Å²) in [4.78, 5) is 0. The summed E-state index contributed by atoms with van der Waals surface area (Å²) in [6.07, 6.45) is 1.31. The summed E-state index contributed by atoms with van der Waals surface area (Å²) in [6.45, 7) is 8.08. The molecule has 0 bridgehead atoms. The van der Waals surface area contributed by atoms with Crippen LogP contribution in [0.5, 0.6) is 0 Å². The molecule has 2 rings (SSSR count). The Balaban J connectivity index is 2.04. The van der Waals surface area contributed by atoms with Crippen molar-refractivity contribution in [3.8, 4) is 0 Å². The van der Waals surface area contributed by atoms with Gasteiger partial charge in [0.05, 0.1) is 6.10 Å². The maximum atomic E-state index is 5.98. The number of benzene rings is 1. The monoisotopic (exact) mass is 234 g/mol. The topological polar surface area (TPSA) is 47.3 Å². The van der Waals surface area contributed by atoms with Crippen LogP contribution in [0.2, 0.25) is 0 Å². The van der Waals surface area contributed by atoms with Gasteiger partial charge in [0.2, 0.25) is 0 Å². The van der Waals surface area contributed by atoms with Gasteiger partial charge in [-0.05, 0) is 38.8 Å². The molecule has 2 unspecified atom stereocenters. The minimum absolute atomic E-state index is 0.0657. The zero-order valence-corrected chi connectivity index (χ0v) is 10.9. The lowest BCUT2D eigenvalue weighted by molar-refractivity contribution is 0.0881. The minimum Gasteiger partial charge on any atom is -0.398 e. The van der Waals surface area contributed by atoms with Gasteiger partial charge < -0.3 is 15.8 Å². The summed E-state index contributed by atoms with van der Waals surface area (Å²) >= 11 is 0. The van der Waals surface area contributed by atoms with Crippen LogP contribution in [0.1, 0.15) is 31.4 Å². The summed E-state index contributed by atoms with van der Waals surface area (Å²) in [5, 5.41) is 3.59. The van der Waals surface area contributed by atoms with Crippen LogP contribution in [0.3, 0.4) is 0 Å². The van der Waals surface area contributed by atoms with Gasteiger partial charge in [-0.3, -0.25) is 0 Å². The van der Waals surface area contributed by atoms with Gasteiger partial charge in [0.25, 0.3) is 0 Å². The van der Waals surface area contributed by atoms with E-state index in [2.05, 4.69) is 32.2 Å². The summed E-state index contributed by atoms with van der Waals surface area (Å²) < 4.78 is 5.62. The van der Waals surface area contributed by atoms with E-state index < -0.39 is 0 Å². The molecule has 0 saturated carbocycles. The van der Waals surface area contributed by atoms with Crippen LogP contribution in [-0.4, -0.2) is 18.2 Å². The van der Waals surface area contributed by atoms with E-state index in [-0.39, 0.29) is 11.6 Å². The third-order valence-electron chi connectivity index (χ3n) is 3.87. The van der Waals surface area contributed by atoms with Gasteiger partial charge in [-0.2, -0.15) is 0 Å². The van der Waals surface area contributed by atoms with Crippen LogP contribution in [0, 0.1) is 6.92 Å². The molecule has 1 heterocycles. The largest absolute Gasteiger partial charge is 0.398 e. The molecule has 0 aromatic heterocycles. The van der Waals surface area contributed by atoms with Crippen molar-refractivity contribution in [1.29, 1.82) is 0 Å². The molecule has 3 heteroatoms. The molecule has 17 heavy (non-hydrogen) atoms. The highest BCUT2D eigenvalue weighted by atomic mass is 16.5. The molecule has 94 valence electrons. The number of hydrogen-bond acceptors (Lipinski definition) is 3. The van der Waals surface area contributed by atoms with Crippen LogP contribution in [0.4, 0.5) is 5.69 Å². The van der Waals surface area contributed by atoms with Crippen molar-refractivity contribution in [3.63, 3.8) is 0 Å². The number of rotatable bonds is 3. The van der Waals surface area contributed by atoms with Gasteiger partial charge in [0, 0.05) is 24.4 Å². The third-order valence-corrected chi connectivity index (χ3v) is 3.87. The smallest absolute Gasteiger partial charge is 0.0726 e. The highest BCUT2D eigenvalue weighted by molar-refractivity contribution is 5.48. The van der Waals surface area contributed by atoms with Crippen molar-refractivity contribution in [3.05, 3.63) is 29.3 Å². The number of nitrogens with one attached hydrogen (secondary N) is 1. The van der Waals surface area contributed by atoms with Crippen LogP contribution in [0.15, 0.2) is 18.2 Å². The normalized spacial score (nSPS) is 28.5. The molecule has 0 amide bonds. The maximum Gasteiger partial charge on any atom is 0.0726 e. The number of aryl methyl sites for hydroxylation is 1. The van der Waals surface area contributed by atoms with Crippen molar-refractivity contribution < 1.29 is 4.74 Å². The Morgan fingerprint density at radius 1 is 1.53 bits per heavy atom. The number of hydrogen-bond donors (Lipinski definition) is 2. The van der Waals surface area contributed by atoms with E-state index in [1.54, 1.807) is 0 Å². The quantitative estimate of drug-likeness (QED) is 0.788. The molecule has 0 aliphatic carbocycles. The van der Waals surface area contributed by atoms with Crippen LogP contribution < -0.4 is 11.1 Å². The fourth-order valence-corrected chi connectivity index (χ4v) is 2.25. The van der Waals surface area contributed by atoms with E-state index in [4.69, 9.17) is 10.5 Å².